The molecule has 0 aliphatic carbocycles. The molecule has 0 unspecified atom stereocenters. The van der Waals surface area contributed by atoms with Crippen LogP contribution < -0.4 is 9.64 Å². The Kier molecular flexibility index (Phi) is 9.20. The highest BCUT2D eigenvalue weighted by atomic mass is 19.1. The molecule has 9 nitrogen and oxygen atoms in total. The van der Waals surface area contributed by atoms with Gasteiger partial charge in [-0.25, -0.2) is 13.2 Å². The fraction of sp³-hybridized carbons (Fsp3) is 0.341. The minimum absolute atomic E-state index is 0.0180. The quantitative estimate of drug-likeness (QED) is 0.129. The molecule has 270 valence electrons. The van der Waals surface area contributed by atoms with Crippen molar-refractivity contribution in [1.29, 1.82) is 0 Å². The zero-order chi connectivity index (χ0) is 36.7. The maximum Gasteiger partial charge on any atom is 0.319 e. The van der Waals surface area contributed by atoms with Crippen molar-refractivity contribution in [2.24, 2.45) is 0 Å². The number of benzene rings is 2. The molecule has 1 amide bonds. The van der Waals surface area contributed by atoms with Crippen LogP contribution in [0.4, 0.5) is 19.0 Å². The summed E-state index contributed by atoms with van der Waals surface area (Å²) in [5, 5.41) is 1.94. The van der Waals surface area contributed by atoms with Crippen molar-refractivity contribution < 1.29 is 22.7 Å². The number of halogens is 3. The molecule has 0 bridgehead atoms. The van der Waals surface area contributed by atoms with E-state index in [0.717, 1.165) is 30.8 Å². The third kappa shape index (κ3) is 6.44. The second kappa shape index (κ2) is 14.1. The van der Waals surface area contributed by atoms with Gasteiger partial charge in [0.2, 0.25) is 0 Å². The van der Waals surface area contributed by atoms with E-state index >= 15 is 4.39 Å². The molecule has 0 radical (unpaired) electrons. The third-order valence-corrected chi connectivity index (χ3v) is 11.0. The van der Waals surface area contributed by atoms with E-state index in [1.165, 1.54) is 11.1 Å². The minimum Gasteiger partial charge on any atom is -0.461 e. The highest BCUT2D eigenvalue weighted by Gasteiger charge is 2.49. The van der Waals surface area contributed by atoms with Crippen LogP contribution in [0, 0.1) is 18.2 Å². The van der Waals surface area contributed by atoms with Gasteiger partial charge in [-0.05, 0) is 55.8 Å². The number of carbonyl (C=O) groups excluding carboxylic acids is 1. The molecule has 3 fully saturated rings. The lowest BCUT2D eigenvalue weighted by molar-refractivity contribution is -0.129. The summed E-state index contributed by atoms with van der Waals surface area (Å²) >= 11 is 0. The van der Waals surface area contributed by atoms with Gasteiger partial charge in [-0.3, -0.25) is 19.7 Å². The van der Waals surface area contributed by atoms with Crippen LogP contribution in [0.3, 0.4) is 0 Å². The van der Waals surface area contributed by atoms with Gasteiger partial charge >= 0.3 is 6.01 Å². The van der Waals surface area contributed by atoms with Gasteiger partial charge in [-0.2, -0.15) is 9.97 Å². The van der Waals surface area contributed by atoms with E-state index < -0.39 is 29.3 Å². The van der Waals surface area contributed by atoms with Crippen molar-refractivity contribution in [3.8, 4) is 29.6 Å². The lowest BCUT2D eigenvalue weighted by Crippen LogP contribution is -2.46. The molecule has 53 heavy (non-hydrogen) atoms. The number of rotatable bonds is 8. The number of anilines is 1. The molecular formula is C41H38F3N7O2. The molecule has 3 aliphatic rings. The summed E-state index contributed by atoms with van der Waals surface area (Å²) in [7, 11) is 1.85. The number of hydrogen-bond acceptors (Lipinski definition) is 8. The molecule has 6 heterocycles. The fourth-order valence-corrected chi connectivity index (χ4v) is 8.28. The smallest absolute Gasteiger partial charge is 0.319 e. The molecular weight excluding hydrogens is 679 g/mol. The largest absolute Gasteiger partial charge is 0.461 e. The van der Waals surface area contributed by atoms with E-state index in [0.29, 0.717) is 72.3 Å². The van der Waals surface area contributed by atoms with E-state index in [9.17, 15) is 13.6 Å². The van der Waals surface area contributed by atoms with Crippen molar-refractivity contribution in [2.75, 3.05) is 44.7 Å². The number of alkyl halides is 1. The second-order valence-corrected chi connectivity index (χ2v) is 14.1. The molecule has 0 N–H and O–H groups in total. The minimum atomic E-state index is -0.936. The zero-order valence-corrected chi connectivity index (χ0v) is 29.3. The van der Waals surface area contributed by atoms with Gasteiger partial charge in [0.05, 0.1) is 16.6 Å². The summed E-state index contributed by atoms with van der Waals surface area (Å²) in [6.45, 7) is 1.96. The number of carbonyl (C=O) groups is 1. The molecule has 2 aromatic carbocycles. The zero-order valence-electron chi connectivity index (χ0n) is 29.3. The predicted octanol–water partition coefficient (Wildman–Crippen LogP) is 6.75. The summed E-state index contributed by atoms with van der Waals surface area (Å²) in [5.74, 6) is 0.906. The Morgan fingerprint density at radius 3 is 2.68 bits per heavy atom. The van der Waals surface area contributed by atoms with E-state index in [4.69, 9.17) is 16.1 Å². The average molecular weight is 718 g/mol. The molecule has 5 aromatic rings. The van der Waals surface area contributed by atoms with Gasteiger partial charge in [0, 0.05) is 74.1 Å². The van der Waals surface area contributed by atoms with Crippen LogP contribution in [0.2, 0.25) is 0 Å². The monoisotopic (exact) mass is 717 g/mol. The summed E-state index contributed by atoms with van der Waals surface area (Å²) in [6.07, 6.45) is 12.3. The van der Waals surface area contributed by atoms with Gasteiger partial charge in [-0.1, -0.05) is 42.3 Å². The standard InChI is InChI=1S/C41H38F3N7O2/c1-3-26-9-6-10-27-11-7-13-31(34(26)27)36-35(44)37-32(23-46-36)38(48-40(47-37)53-25-41-16-8-18-51(41)24-28(42)22-41)49(2)30-14-19-50(20-15-30)39(52)33(43)21-29-12-4-5-17-45-29/h1,4-7,9-13,17,21,23,28,30H,8,14-16,18-20,22,24-25H2,2H3/b33-21-/t28-,41+/m1/s1. The number of hydrogen-bond donors (Lipinski definition) is 0. The Labute approximate surface area is 305 Å². The number of amides is 1. The Morgan fingerprint density at radius 1 is 1.09 bits per heavy atom. The van der Waals surface area contributed by atoms with Crippen LogP contribution in [0.1, 0.15) is 43.4 Å². The van der Waals surface area contributed by atoms with Crippen LogP contribution in [-0.2, 0) is 4.79 Å². The number of nitrogens with zero attached hydrogens (tertiary/aromatic N) is 7. The Hall–Kier alpha value is -5.54. The van der Waals surface area contributed by atoms with Gasteiger partial charge < -0.3 is 14.5 Å². The van der Waals surface area contributed by atoms with E-state index in [1.54, 1.807) is 30.5 Å². The molecule has 3 saturated heterocycles. The van der Waals surface area contributed by atoms with E-state index in [2.05, 4.69) is 25.8 Å². The van der Waals surface area contributed by atoms with Crippen LogP contribution in [-0.4, -0.2) is 93.2 Å². The Balaban J connectivity index is 1.13. The molecule has 0 spiro atoms. The first-order valence-electron chi connectivity index (χ1n) is 17.9. The lowest BCUT2D eigenvalue weighted by atomic mass is 9.95. The maximum atomic E-state index is 16.9. The number of ether oxygens (including phenoxy) is 1. The SMILES string of the molecule is C#Cc1cccc2cccc(-c3ncc4c(N(C)C5CCN(C(=O)/C(F)=C/c6ccccn6)CC5)nc(OC[C@@]56CCCN5C[C@H](F)C6)nc4c3F)c12. The molecule has 3 aromatic heterocycles. The Morgan fingerprint density at radius 2 is 1.91 bits per heavy atom. The van der Waals surface area contributed by atoms with Crippen molar-refractivity contribution in [1.82, 2.24) is 29.7 Å². The van der Waals surface area contributed by atoms with Crippen molar-refractivity contribution in [2.45, 2.75) is 49.9 Å². The maximum absolute atomic E-state index is 16.9. The number of terminal acetylenes is 1. The number of fused-ring (bicyclic) bond motifs is 3. The highest BCUT2D eigenvalue weighted by Crippen LogP contribution is 2.41. The topological polar surface area (TPSA) is 87.6 Å². The number of likely N-dealkylation sites (tertiary alicyclic amines) is 1. The molecule has 8 rings (SSSR count). The summed E-state index contributed by atoms with van der Waals surface area (Å²) in [4.78, 5) is 36.7. The van der Waals surface area contributed by atoms with Gasteiger partial charge in [0.1, 0.15) is 29.8 Å². The van der Waals surface area contributed by atoms with Crippen molar-refractivity contribution >= 4 is 39.5 Å². The molecule has 12 heteroatoms. The number of aromatic nitrogens is 4. The summed E-state index contributed by atoms with van der Waals surface area (Å²) in [5.41, 5.74) is 1.18. The Bertz CT molecular complexity index is 2270. The van der Waals surface area contributed by atoms with Crippen LogP contribution in [0.25, 0.3) is 39.0 Å². The van der Waals surface area contributed by atoms with Gasteiger partial charge in [0.15, 0.2) is 11.6 Å². The number of pyridine rings is 2. The highest BCUT2D eigenvalue weighted by molar-refractivity contribution is 6.02. The van der Waals surface area contributed by atoms with Crippen LogP contribution >= 0.6 is 0 Å². The van der Waals surface area contributed by atoms with Crippen LogP contribution in [0.5, 0.6) is 6.01 Å². The van der Waals surface area contributed by atoms with Gasteiger partial charge in [0.25, 0.3) is 5.91 Å². The lowest BCUT2D eigenvalue weighted by Gasteiger charge is -2.37. The van der Waals surface area contributed by atoms with Gasteiger partial charge in [-0.15, -0.1) is 6.42 Å². The summed E-state index contributed by atoms with van der Waals surface area (Å²) < 4.78 is 52.7. The first kappa shape index (κ1) is 34.5. The summed E-state index contributed by atoms with van der Waals surface area (Å²) in [6, 6.07) is 16.1. The molecule has 2 atom stereocenters. The van der Waals surface area contributed by atoms with Crippen molar-refractivity contribution in [3.05, 3.63) is 89.9 Å². The number of piperidine rings is 1. The molecule has 3 aliphatic heterocycles. The first-order valence-corrected chi connectivity index (χ1v) is 17.9. The third-order valence-electron chi connectivity index (χ3n) is 11.0. The van der Waals surface area contributed by atoms with E-state index in [-0.39, 0.29) is 29.9 Å². The fourth-order valence-electron chi connectivity index (χ4n) is 8.28. The van der Waals surface area contributed by atoms with E-state index in [1.807, 2.05) is 42.3 Å². The predicted molar refractivity (Wildman–Crippen MR) is 198 cm³/mol. The average Bonchev–Trinajstić information content (AvgIpc) is 3.72. The van der Waals surface area contributed by atoms with Crippen LogP contribution in [0.15, 0.2) is 72.8 Å². The molecule has 0 saturated carbocycles. The normalized spacial score (nSPS) is 20.8. The second-order valence-electron chi connectivity index (χ2n) is 14.1. The van der Waals surface area contributed by atoms with Crippen molar-refractivity contribution in [3.63, 3.8) is 0 Å². The first-order chi connectivity index (χ1) is 25.7.